The van der Waals surface area contributed by atoms with E-state index < -0.39 is 0 Å². The molecule has 0 unspecified atom stereocenters. The predicted molar refractivity (Wildman–Crippen MR) is 59.9 cm³/mol. The van der Waals surface area contributed by atoms with Gasteiger partial charge in [-0.25, -0.2) is 15.4 Å². The minimum atomic E-state index is 0.418. The van der Waals surface area contributed by atoms with E-state index in [4.69, 9.17) is 9.25 Å². The Hall–Kier alpha value is -2.14. The number of anilines is 1. The lowest BCUT2D eigenvalue weighted by Crippen LogP contribution is -2.00. The SMILES string of the molecule is CONc1ncc2oc3ccccc3c2n1. The van der Waals surface area contributed by atoms with Gasteiger partial charge in [0.2, 0.25) is 5.95 Å². The first kappa shape index (κ1) is 9.11. The first-order valence-corrected chi connectivity index (χ1v) is 4.82. The Morgan fingerprint density at radius 1 is 1.25 bits per heavy atom. The molecule has 16 heavy (non-hydrogen) atoms. The van der Waals surface area contributed by atoms with E-state index in [-0.39, 0.29) is 0 Å². The third-order valence-corrected chi connectivity index (χ3v) is 2.31. The number of furan rings is 1. The number of benzene rings is 1. The number of nitrogens with zero attached hydrogens (tertiary/aromatic N) is 2. The van der Waals surface area contributed by atoms with E-state index >= 15 is 0 Å². The summed E-state index contributed by atoms with van der Waals surface area (Å²) in [6, 6.07) is 7.74. The standard InChI is InChI=1S/C11H9N3O2/c1-15-14-11-12-6-9-10(13-11)7-4-2-3-5-8(7)16-9/h2-6H,1H3,(H,12,13,14). The van der Waals surface area contributed by atoms with Crippen molar-refractivity contribution in [3.8, 4) is 0 Å². The fourth-order valence-electron chi connectivity index (χ4n) is 1.65. The van der Waals surface area contributed by atoms with Crippen LogP contribution in [0.25, 0.3) is 22.1 Å². The molecule has 1 aromatic carbocycles. The molecule has 2 heterocycles. The second kappa shape index (κ2) is 3.46. The summed E-state index contributed by atoms with van der Waals surface area (Å²) in [6.45, 7) is 0. The molecule has 0 saturated heterocycles. The monoisotopic (exact) mass is 215 g/mol. The van der Waals surface area contributed by atoms with Crippen LogP contribution < -0.4 is 5.48 Å². The molecule has 0 amide bonds. The zero-order valence-corrected chi connectivity index (χ0v) is 8.60. The van der Waals surface area contributed by atoms with Gasteiger partial charge in [-0.15, -0.1) is 0 Å². The third kappa shape index (κ3) is 1.30. The van der Waals surface area contributed by atoms with E-state index in [2.05, 4.69) is 15.4 Å². The minimum absolute atomic E-state index is 0.418. The molecule has 2 aromatic heterocycles. The first-order valence-electron chi connectivity index (χ1n) is 4.82. The fraction of sp³-hybridized carbons (Fsp3) is 0.0909. The largest absolute Gasteiger partial charge is 0.453 e. The summed E-state index contributed by atoms with van der Waals surface area (Å²) in [5.41, 5.74) is 4.85. The molecule has 0 radical (unpaired) electrons. The Bertz CT molecular complexity index is 648. The summed E-state index contributed by atoms with van der Waals surface area (Å²) in [7, 11) is 1.51. The summed E-state index contributed by atoms with van der Waals surface area (Å²) in [5, 5.41) is 0.971. The summed E-state index contributed by atoms with van der Waals surface area (Å²) in [6.07, 6.45) is 1.63. The van der Waals surface area contributed by atoms with Gasteiger partial charge in [-0.1, -0.05) is 12.1 Å². The van der Waals surface area contributed by atoms with Gasteiger partial charge in [0.25, 0.3) is 0 Å². The molecule has 0 saturated carbocycles. The lowest BCUT2D eigenvalue weighted by Gasteiger charge is -1.98. The molecule has 0 bridgehead atoms. The maximum absolute atomic E-state index is 5.59. The van der Waals surface area contributed by atoms with Crippen molar-refractivity contribution in [2.24, 2.45) is 0 Å². The quantitative estimate of drug-likeness (QED) is 0.665. The molecule has 3 rings (SSSR count). The molecule has 0 aliphatic heterocycles. The highest BCUT2D eigenvalue weighted by atomic mass is 16.6. The normalized spacial score (nSPS) is 11.1. The van der Waals surface area contributed by atoms with Crippen molar-refractivity contribution in [2.45, 2.75) is 0 Å². The maximum atomic E-state index is 5.59. The van der Waals surface area contributed by atoms with Crippen LogP contribution in [0.15, 0.2) is 34.9 Å². The zero-order chi connectivity index (χ0) is 11.0. The van der Waals surface area contributed by atoms with Gasteiger partial charge < -0.3 is 4.42 Å². The van der Waals surface area contributed by atoms with Crippen molar-refractivity contribution in [1.82, 2.24) is 9.97 Å². The van der Waals surface area contributed by atoms with Crippen LogP contribution in [0.2, 0.25) is 0 Å². The van der Waals surface area contributed by atoms with Crippen LogP contribution in [-0.4, -0.2) is 17.1 Å². The van der Waals surface area contributed by atoms with Crippen LogP contribution in [0.3, 0.4) is 0 Å². The second-order valence-electron chi connectivity index (χ2n) is 3.31. The molecule has 3 aromatic rings. The molecule has 80 valence electrons. The van der Waals surface area contributed by atoms with Crippen molar-refractivity contribution >= 4 is 28.0 Å². The molecule has 5 nitrogen and oxygen atoms in total. The zero-order valence-electron chi connectivity index (χ0n) is 8.60. The Labute approximate surface area is 91.0 Å². The van der Waals surface area contributed by atoms with Crippen molar-refractivity contribution in [3.63, 3.8) is 0 Å². The Morgan fingerprint density at radius 3 is 3.00 bits per heavy atom. The van der Waals surface area contributed by atoms with E-state index in [0.717, 1.165) is 16.5 Å². The fourth-order valence-corrected chi connectivity index (χ4v) is 1.65. The summed E-state index contributed by atoms with van der Waals surface area (Å²) < 4.78 is 5.59. The Balaban J connectivity index is 2.31. The van der Waals surface area contributed by atoms with Crippen LogP contribution in [0, 0.1) is 0 Å². The minimum Gasteiger partial charge on any atom is -0.453 e. The molecule has 0 atom stereocenters. The lowest BCUT2D eigenvalue weighted by atomic mass is 10.2. The van der Waals surface area contributed by atoms with Crippen molar-refractivity contribution < 1.29 is 9.25 Å². The molecule has 0 aliphatic carbocycles. The highest BCUT2D eigenvalue weighted by Gasteiger charge is 2.08. The highest BCUT2D eigenvalue weighted by molar-refractivity contribution is 6.02. The van der Waals surface area contributed by atoms with Crippen molar-refractivity contribution in [1.29, 1.82) is 0 Å². The Morgan fingerprint density at radius 2 is 2.12 bits per heavy atom. The van der Waals surface area contributed by atoms with Crippen molar-refractivity contribution in [3.05, 3.63) is 30.5 Å². The van der Waals surface area contributed by atoms with Crippen LogP contribution in [0.5, 0.6) is 0 Å². The smallest absolute Gasteiger partial charge is 0.247 e. The van der Waals surface area contributed by atoms with Gasteiger partial charge in [-0.05, 0) is 12.1 Å². The van der Waals surface area contributed by atoms with E-state index in [1.807, 2.05) is 24.3 Å². The average Bonchev–Trinajstić information content (AvgIpc) is 2.68. The van der Waals surface area contributed by atoms with Crippen molar-refractivity contribution in [2.75, 3.05) is 12.6 Å². The van der Waals surface area contributed by atoms with Gasteiger partial charge in [0.1, 0.15) is 11.1 Å². The molecule has 0 fully saturated rings. The summed E-state index contributed by atoms with van der Waals surface area (Å²) >= 11 is 0. The number of fused-ring (bicyclic) bond motifs is 3. The van der Waals surface area contributed by atoms with Gasteiger partial charge in [0, 0.05) is 5.39 Å². The molecular formula is C11H9N3O2. The van der Waals surface area contributed by atoms with Gasteiger partial charge in [-0.2, -0.15) is 0 Å². The average molecular weight is 215 g/mol. The van der Waals surface area contributed by atoms with E-state index in [1.54, 1.807) is 6.20 Å². The molecule has 5 heteroatoms. The molecule has 0 spiro atoms. The topological polar surface area (TPSA) is 60.2 Å². The van der Waals surface area contributed by atoms with E-state index in [0.29, 0.717) is 11.5 Å². The summed E-state index contributed by atoms with van der Waals surface area (Å²) in [4.78, 5) is 13.1. The lowest BCUT2D eigenvalue weighted by molar-refractivity contribution is 0.267. The van der Waals surface area contributed by atoms with E-state index in [9.17, 15) is 0 Å². The first-order chi connectivity index (χ1) is 7.88. The van der Waals surface area contributed by atoms with Gasteiger partial charge in [0.15, 0.2) is 5.58 Å². The number of rotatable bonds is 2. The number of para-hydroxylation sites is 1. The number of aromatic nitrogens is 2. The Kier molecular flexibility index (Phi) is 1.97. The van der Waals surface area contributed by atoms with Gasteiger partial charge >= 0.3 is 0 Å². The van der Waals surface area contributed by atoms with Gasteiger partial charge in [-0.3, -0.25) is 4.84 Å². The number of hydrogen-bond acceptors (Lipinski definition) is 5. The highest BCUT2D eigenvalue weighted by Crippen LogP contribution is 2.26. The molecule has 0 aliphatic rings. The van der Waals surface area contributed by atoms with E-state index in [1.165, 1.54) is 7.11 Å². The third-order valence-electron chi connectivity index (χ3n) is 2.31. The van der Waals surface area contributed by atoms with Crippen LogP contribution in [-0.2, 0) is 4.84 Å². The number of hydrogen-bond donors (Lipinski definition) is 1. The molecule has 1 N–H and O–H groups in total. The van der Waals surface area contributed by atoms with Gasteiger partial charge in [0.05, 0.1) is 13.3 Å². The number of nitrogens with one attached hydrogen (secondary N) is 1. The molecular weight excluding hydrogens is 206 g/mol. The van der Waals surface area contributed by atoms with Crippen LogP contribution in [0.4, 0.5) is 5.95 Å². The van der Waals surface area contributed by atoms with Crippen LogP contribution in [0.1, 0.15) is 0 Å². The predicted octanol–water partition coefficient (Wildman–Crippen LogP) is 2.35. The summed E-state index contributed by atoms with van der Waals surface area (Å²) in [5.74, 6) is 0.418. The second-order valence-corrected chi connectivity index (χ2v) is 3.31. The van der Waals surface area contributed by atoms with Crippen LogP contribution >= 0.6 is 0 Å². The maximum Gasteiger partial charge on any atom is 0.247 e.